The molecule has 1 saturated heterocycles. The van der Waals surface area contributed by atoms with E-state index in [1.54, 1.807) is 31.4 Å². The highest BCUT2D eigenvalue weighted by Gasteiger charge is 2.41. The molecular weight excluding hydrogens is 492 g/mol. The van der Waals surface area contributed by atoms with Gasteiger partial charge in [-0.25, -0.2) is 0 Å². The Morgan fingerprint density at radius 1 is 1.29 bits per heavy atom. The van der Waals surface area contributed by atoms with Gasteiger partial charge in [0.15, 0.2) is 0 Å². The van der Waals surface area contributed by atoms with Crippen molar-refractivity contribution in [2.75, 3.05) is 17.2 Å². The molecule has 11 nitrogen and oxygen atoms in total. The van der Waals surface area contributed by atoms with Gasteiger partial charge in [0.1, 0.15) is 5.01 Å². The average Bonchev–Trinajstić information content (AvgIpc) is 3.56. The monoisotopic (exact) mass is 516 g/mol. The Bertz CT molecular complexity index is 1250. The number of nitrogens with one attached hydrogen (secondary N) is 4. The molecular formula is C22H25ClN8O3S. The molecule has 2 aromatic heterocycles. The number of halogens is 1. The molecule has 5 rings (SSSR count). The summed E-state index contributed by atoms with van der Waals surface area (Å²) in [7, 11) is 1.73. The molecule has 0 bridgehead atoms. The van der Waals surface area contributed by atoms with E-state index in [4.69, 9.17) is 11.6 Å². The third-order valence-corrected chi connectivity index (χ3v) is 7.81. The van der Waals surface area contributed by atoms with Crippen molar-refractivity contribution in [3.8, 4) is 10.6 Å². The maximum atomic E-state index is 12.6. The van der Waals surface area contributed by atoms with Crippen molar-refractivity contribution >= 4 is 45.6 Å². The number of fused-ring (bicyclic) bond motifs is 1. The van der Waals surface area contributed by atoms with Gasteiger partial charge in [0.25, 0.3) is 5.91 Å². The van der Waals surface area contributed by atoms with Gasteiger partial charge in [-0.2, -0.15) is 5.10 Å². The van der Waals surface area contributed by atoms with Gasteiger partial charge in [-0.05, 0) is 36.6 Å². The lowest BCUT2D eigenvalue weighted by Gasteiger charge is -2.35. The van der Waals surface area contributed by atoms with Gasteiger partial charge in [-0.15, -0.1) is 21.8 Å². The Morgan fingerprint density at radius 3 is 2.91 bits per heavy atom. The first-order chi connectivity index (χ1) is 16.9. The predicted octanol–water partition coefficient (Wildman–Crippen LogP) is 2.09. The first kappa shape index (κ1) is 23.7. The van der Waals surface area contributed by atoms with Crippen LogP contribution in [-0.2, 0) is 18.3 Å². The molecule has 4 atom stereocenters. The number of nitrogens with zero attached hydrogens (tertiary/aromatic N) is 4. The van der Waals surface area contributed by atoms with Gasteiger partial charge in [0.05, 0.1) is 23.6 Å². The number of rotatable bonds is 7. The Hall–Kier alpha value is -3.06. The SMILES string of the molecule is Cn1cc(C(=O)Nc2cc(CC(=O)O)cc(-c3nnc(NC4CCC5NNCC5C4Cl)s3)c2)cn1. The minimum absolute atomic E-state index is 0.0446. The summed E-state index contributed by atoms with van der Waals surface area (Å²) in [5, 5.41) is 29.4. The van der Waals surface area contributed by atoms with E-state index in [0.29, 0.717) is 44.5 Å². The standard InChI is InChI=1S/C22H25ClN8O3S/c1-31-10-13(8-25-31)20(34)26-14-5-11(6-18(32)33)4-12(7-14)21-29-30-22(35-21)27-17-3-2-16-15(19(17)23)9-24-28-16/h4-5,7-8,10,15-17,19,24,28H,2-3,6,9H2,1H3,(H,26,34)(H,27,30)(H,32,33). The van der Waals surface area contributed by atoms with Crippen molar-refractivity contribution in [3.63, 3.8) is 0 Å². The first-order valence-corrected chi connectivity index (χ1v) is 12.5. The van der Waals surface area contributed by atoms with E-state index >= 15 is 0 Å². The number of hydrogen-bond acceptors (Lipinski definition) is 9. The van der Waals surface area contributed by atoms with Crippen molar-refractivity contribution in [1.29, 1.82) is 0 Å². The summed E-state index contributed by atoms with van der Waals surface area (Å²) in [5.41, 5.74) is 8.56. The van der Waals surface area contributed by atoms with E-state index in [-0.39, 0.29) is 23.7 Å². The van der Waals surface area contributed by atoms with Gasteiger partial charge in [-0.3, -0.25) is 25.1 Å². The van der Waals surface area contributed by atoms with Gasteiger partial charge < -0.3 is 15.7 Å². The second kappa shape index (κ2) is 9.90. The van der Waals surface area contributed by atoms with Crippen molar-refractivity contribution in [2.45, 2.75) is 36.7 Å². The summed E-state index contributed by atoms with van der Waals surface area (Å²) >= 11 is 8.13. The fraction of sp³-hybridized carbons (Fsp3) is 0.409. The second-order valence-electron chi connectivity index (χ2n) is 8.83. The average molecular weight is 517 g/mol. The third-order valence-electron chi connectivity index (χ3n) is 6.28. The van der Waals surface area contributed by atoms with Crippen molar-refractivity contribution in [3.05, 3.63) is 41.7 Å². The number of carboxylic acids is 1. The maximum absolute atomic E-state index is 12.6. The normalized spacial score (nSPS) is 23.6. The molecule has 1 saturated carbocycles. The van der Waals surface area contributed by atoms with E-state index in [0.717, 1.165) is 19.4 Å². The zero-order valence-electron chi connectivity index (χ0n) is 18.9. The number of hydrazine groups is 1. The second-order valence-corrected chi connectivity index (χ2v) is 10.3. The van der Waals surface area contributed by atoms with Crippen LogP contribution in [-0.4, -0.2) is 61.0 Å². The zero-order chi connectivity index (χ0) is 24.5. The minimum Gasteiger partial charge on any atom is -0.481 e. The van der Waals surface area contributed by atoms with Crippen LogP contribution in [0.25, 0.3) is 10.6 Å². The molecule has 5 N–H and O–H groups in total. The lowest BCUT2D eigenvalue weighted by atomic mass is 9.82. The van der Waals surface area contributed by atoms with Crippen molar-refractivity contribution < 1.29 is 14.7 Å². The van der Waals surface area contributed by atoms with Crippen molar-refractivity contribution in [2.24, 2.45) is 13.0 Å². The Kier molecular flexibility index (Phi) is 6.69. The molecule has 1 aliphatic heterocycles. The van der Waals surface area contributed by atoms with E-state index < -0.39 is 5.97 Å². The lowest BCUT2D eigenvalue weighted by molar-refractivity contribution is -0.136. The number of alkyl halides is 1. The summed E-state index contributed by atoms with van der Waals surface area (Å²) in [4.78, 5) is 24.0. The number of aliphatic carboxylic acids is 1. The van der Waals surface area contributed by atoms with Crippen LogP contribution in [0.3, 0.4) is 0 Å². The topological polar surface area (TPSA) is 146 Å². The van der Waals surface area contributed by atoms with Crippen LogP contribution in [0.4, 0.5) is 10.8 Å². The highest BCUT2D eigenvalue weighted by Crippen LogP contribution is 2.35. The summed E-state index contributed by atoms with van der Waals surface area (Å²) in [6.07, 6.45) is 4.82. The largest absolute Gasteiger partial charge is 0.481 e. The maximum Gasteiger partial charge on any atom is 0.307 e. The molecule has 2 fully saturated rings. The minimum atomic E-state index is -0.967. The number of anilines is 2. The number of aryl methyl sites for hydroxylation is 1. The highest BCUT2D eigenvalue weighted by atomic mass is 35.5. The Balaban J connectivity index is 1.35. The molecule has 0 spiro atoms. The molecule has 35 heavy (non-hydrogen) atoms. The molecule has 184 valence electrons. The van der Waals surface area contributed by atoms with E-state index in [1.165, 1.54) is 22.2 Å². The number of hydrogen-bond donors (Lipinski definition) is 5. The van der Waals surface area contributed by atoms with E-state index in [2.05, 4.69) is 36.8 Å². The summed E-state index contributed by atoms with van der Waals surface area (Å²) in [5.74, 6) is -0.962. The smallest absolute Gasteiger partial charge is 0.307 e. The molecule has 13 heteroatoms. The number of aromatic nitrogens is 4. The first-order valence-electron chi connectivity index (χ1n) is 11.2. The molecule has 0 radical (unpaired) electrons. The fourth-order valence-electron chi connectivity index (χ4n) is 4.61. The summed E-state index contributed by atoms with van der Waals surface area (Å²) in [6, 6.07) is 5.62. The lowest BCUT2D eigenvalue weighted by Crippen LogP contribution is -2.47. The molecule has 3 heterocycles. The molecule has 3 aromatic rings. The molecule has 4 unspecified atom stereocenters. The molecule has 2 aliphatic rings. The van der Waals surface area contributed by atoms with Crippen LogP contribution in [0.2, 0.25) is 0 Å². The Labute approximate surface area is 210 Å². The molecule has 1 aliphatic carbocycles. The van der Waals surface area contributed by atoms with Gasteiger partial charge in [-0.1, -0.05) is 11.3 Å². The van der Waals surface area contributed by atoms with Crippen LogP contribution in [0.15, 0.2) is 30.6 Å². The van der Waals surface area contributed by atoms with Gasteiger partial charge in [0, 0.05) is 49.0 Å². The summed E-state index contributed by atoms with van der Waals surface area (Å²) < 4.78 is 1.54. The van der Waals surface area contributed by atoms with E-state index in [1.807, 2.05) is 0 Å². The van der Waals surface area contributed by atoms with Crippen molar-refractivity contribution in [1.82, 2.24) is 30.8 Å². The van der Waals surface area contributed by atoms with Crippen LogP contribution in [0, 0.1) is 5.92 Å². The fourth-order valence-corrected chi connectivity index (χ4v) is 5.86. The zero-order valence-corrected chi connectivity index (χ0v) is 20.4. The van der Waals surface area contributed by atoms with Gasteiger partial charge in [0.2, 0.25) is 5.13 Å². The number of amides is 1. The van der Waals surface area contributed by atoms with Crippen LogP contribution < -0.4 is 21.5 Å². The number of carboxylic acid groups (broad SMARTS) is 1. The molecule has 1 amide bonds. The van der Waals surface area contributed by atoms with Crippen LogP contribution in [0.5, 0.6) is 0 Å². The predicted molar refractivity (Wildman–Crippen MR) is 133 cm³/mol. The van der Waals surface area contributed by atoms with Gasteiger partial charge >= 0.3 is 5.97 Å². The summed E-state index contributed by atoms with van der Waals surface area (Å²) in [6.45, 7) is 0.836. The quantitative estimate of drug-likeness (QED) is 0.298. The number of carbonyl (C=O) groups excluding carboxylic acids is 1. The van der Waals surface area contributed by atoms with E-state index in [9.17, 15) is 14.7 Å². The number of benzene rings is 1. The van der Waals surface area contributed by atoms with Crippen LogP contribution in [0.1, 0.15) is 28.8 Å². The molecule has 1 aromatic carbocycles. The Morgan fingerprint density at radius 2 is 2.14 bits per heavy atom. The highest BCUT2D eigenvalue weighted by molar-refractivity contribution is 7.18. The van der Waals surface area contributed by atoms with Crippen LogP contribution >= 0.6 is 22.9 Å². The third kappa shape index (κ3) is 5.30. The number of carbonyl (C=O) groups is 2.